The third kappa shape index (κ3) is 2.27. The van der Waals surface area contributed by atoms with E-state index in [1.54, 1.807) is 5.57 Å². The summed E-state index contributed by atoms with van der Waals surface area (Å²) >= 11 is 0. The Bertz CT molecular complexity index is 773. The molecule has 2 heterocycles. The molecule has 2 bridgehead atoms. The number of aliphatic hydroxyl groups is 1. The summed E-state index contributed by atoms with van der Waals surface area (Å²) in [5, 5.41) is 10.8. The minimum absolute atomic E-state index is 0.00333. The summed E-state index contributed by atoms with van der Waals surface area (Å²) in [7, 11) is 3.73. The van der Waals surface area contributed by atoms with Gasteiger partial charge >= 0.3 is 5.97 Å². The van der Waals surface area contributed by atoms with Crippen LogP contribution in [0.2, 0.25) is 0 Å². The summed E-state index contributed by atoms with van der Waals surface area (Å²) in [6.07, 6.45) is 7.51. The van der Waals surface area contributed by atoms with Crippen LogP contribution < -0.4 is 0 Å². The lowest BCUT2D eigenvalue weighted by Crippen LogP contribution is -2.64. The number of allylic oxidation sites excluding steroid dienone is 2. The summed E-state index contributed by atoms with van der Waals surface area (Å²) in [5.41, 5.74) is 5.21. The second-order valence-electron chi connectivity index (χ2n) is 9.86. The van der Waals surface area contributed by atoms with Gasteiger partial charge in [-0.25, -0.2) is 4.79 Å². The van der Waals surface area contributed by atoms with Crippen molar-refractivity contribution >= 4 is 5.97 Å². The molecule has 2 spiro atoms. The number of piperidine rings is 1. The standard InChI is InChI=1S/C23H33NO4/c1-4-23(26)10-9-21(14-28-23)16-7-5-15-6-8-17-18(20(25)27-3)11-22(21,19(15)17)13-24(2)12-16/h16,26H,4-14H2,1-3H3/t16-,21-,22-,23+/m1/s1. The molecule has 3 aliphatic carbocycles. The van der Waals surface area contributed by atoms with Crippen LogP contribution in [0.4, 0.5) is 0 Å². The molecule has 5 rings (SSSR count). The molecule has 5 nitrogen and oxygen atoms in total. The van der Waals surface area contributed by atoms with Crippen LogP contribution in [0.1, 0.15) is 58.3 Å². The molecule has 0 aromatic carbocycles. The number of methoxy groups -OCH3 is 1. The molecule has 4 atom stereocenters. The van der Waals surface area contributed by atoms with Gasteiger partial charge in [-0.1, -0.05) is 12.5 Å². The summed E-state index contributed by atoms with van der Waals surface area (Å²) in [4.78, 5) is 15.2. The first-order valence-electron chi connectivity index (χ1n) is 11.0. The number of likely N-dealkylation sites (tertiary alicyclic amines) is 1. The van der Waals surface area contributed by atoms with Crippen molar-refractivity contribution in [3.63, 3.8) is 0 Å². The van der Waals surface area contributed by atoms with Gasteiger partial charge in [-0.15, -0.1) is 0 Å². The third-order valence-electron chi connectivity index (χ3n) is 8.80. The molecule has 5 heteroatoms. The Morgan fingerprint density at radius 2 is 2.14 bits per heavy atom. The first kappa shape index (κ1) is 18.8. The minimum Gasteiger partial charge on any atom is -0.466 e. The van der Waals surface area contributed by atoms with Gasteiger partial charge in [0.25, 0.3) is 0 Å². The third-order valence-corrected chi connectivity index (χ3v) is 8.80. The van der Waals surface area contributed by atoms with Crippen LogP contribution in [0.3, 0.4) is 0 Å². The fraction of sp³-hybridized carbons (Fsp3) is 0.783. The summed E-state index contributed by atoms with van der Waals surface area (Å²) in [6.45, 7) is 4.66. The van der Waals surface area contributed by atoms with Crippen LogP contribution >= 0.6 is 0 Å². The van der Waals surface area contributed by atoms with Gasteiger partial charge in [0.1, 0.15) is 0 Å². The van der Waals surface area contributed by atoms with E-state index in [1.165, 1.54) is 24.7 Å². The molecule has 0 aromatic rings. The van der Waals surface area contributed by atoms with Gasteiger partial charge < -0.3 is 19.5 Å². The zero-order valence-corrected chi connectivity index (χ0v) is 17.5. The molecule has 0 aromatic heterocycles. The van der Waals surface area contributed by atoms with Gasteiger partial charge in [-0.3, -0.25) is 0 Å². The summed E-state index contributed by atoms with van der Waals surface area (Å²) < 4.78 is 11.4. The van der Waals surface area contributed by atoms with Crippen molar-refractivity contribution in [1.82, 2.24) is 4.90 Å². The van der Waals surface area contributed by atoms with Gasteiger partial charge in [0, 0.05) is 35.9 Å². The number of nitrogens with zero attached hydrogens (tertiary/aromatic N) is 1. The number of rotatable bonds is 2. The summed E-state index contributed by atoms with van der Waals surface area (Å²) in [5.74, 6) is -0.592. The molecule has 0 saturated carbocycles. The highest BCUT2D eigenvalue weighted by molar-refractivity contribution is 5.92. The van der Waals surface area contributed by atoms with Crippen LogP contribution in [0.5, 0.6) is 0 Å². The number of hydrogen-bond donors (Lipinski definition) is 1. The second-order valence-corrected chi connectivity index (χ2v) is 9.86. The molecule has 1 N–H and O–H groups in total. The fourth-order valence-corrected chi connectivity index (χ4v) is 7.44. The van der Waals surface area contributed by atoms with Crippen molar-refractivity contribution in [1.29, 1.82) is 0 Å². The highest BCUT2D eigenvalue weighted by atomic mass is 16.6. The number of esters is 1. The lowest BCUT2D eigenvalue weighted by molar-refractivity contribution is -0.283. The van der Waals surface area contributed by atoms with Gasteiger partial charge in [0.05, 0.1) is 13.7 Å². The van der Waals surface area contributed by atoms with Gasteiger partial charge in [-0.05, 0) is 69.1 Å². The van der Waals surface area contributed by atoms with Crippen molar-refractivity contribution in [2.45, 2.75) is 64.1 Å². The normalized spacial score (nSPS) is 42.8. The maximum Gasteiger partial charge on any atom is 0.334 e. The Labute approximate surface area is 167 Å². The maximum absolute atomic E-state index is 12.7. The van der Waals surface area contributed by atoms with Crippen LogP contribution in [-0.2, 0) is 14.3 Å². The molecule has 154 valence electrons. The maximum atomic E-state index is 12.7. The lowest BCUT2D eigenvalue weighted by Gasteiger charge is -2.61. The molecule has 5 aliphatic rings. The average Bonchev–Trinajstić information content (AvgIpc) is 3.23. The van der Waals surface area contributed by atoms with E-state index in [0.29, 0.717) is 25.4 Å². The first-order chi connectivity index (χ1) is 13.4. The molecule has 0 amide bonds. The Morgan fingerprint density at radius 3 is 2.82 bits per heavy atom. The molecular weight excluding hydrogens is 354 g/mol. The van der Waals surface area contributed by atoms with Crippen LogP contribution in [0, 0.1) is 16.7 Å². The van der Waals surface area contributed by atoms with E-state index in [1.807, 2.05) is 6.92 Å². The van der Waals surface area contributed by atoms with Gasteiger partial charge in [0.2, 0.25) is 0 Å². The van der Waals surface area contributed by atoms with Crippen molar-refractivity contribution in [2.24, 2.45) is 16.7 Å². The van der Waals surface area contributed by atoms with Crippen molar-refractivity contribution in [3.05, 3.63) is 22.3 Å². The molecule has 2 saturated heterocycles. The summed E-state index contributed by atoms with van der Waals surface area (Å²) in [6, 6.07) is 0. The molecule has 2 aliphatic heterocycles. The first-order valence-corrected chi connectivity index (χ1v) is 11.0. The second kappa shape index (κ2) is 6.16. The van der Waals surface area contributed by atoms with E-state index in [4.69, 9.17) is 9.47 Å². The molecule has 0 unspecified atom stereocenters. The Kier molecular flexibility index (Phi) is 4.15. The largest absolute Gasteiger partial charge is 0.466 e. The van der Waals surface area contributed by atoms with Crippen molar-refractivity contribution in [3.8, 4) is 0 Å². The predicted octanol–water partition coefficient (Wildman–Crippen LogP) is 3.19. The van der Waals surface area contributed by atoms with E-state index in [0.717, 1.165) is 50.8 Å². The predicted molar refractivity (Wildman–Crippen MR) is 105 cm³/mol. The van der Waals surface area contributed by atoms with E-state index >= 15 is 0 Å². The number of carbonyl (C=O) groups excluding carboxylic acids is 1. The fourth-order valence-electron chi connectivity index (χ4n) is 7.44. The number of carbonyl (C=O) groups is 1. The Balaban J connectivity index is 1.66. The number of ether oxygens (including phenoxy) is 2. The SMILES string of the molecule is CC[C@@]1(O)CC[C@@]2(CO1)[C@@H]1CCC3=C4C(=C(C(=O)OC)C[C@@]42CN(C)C1)CC3. The molecule has 28 heavy (non-hydrogen) atoms. The monoisotopic (exact) mass is 387 g/mol. The van der Waals surface area contributed by atoms with E-state index < -0.39 is 5.79 Å². The zero-order valence-electron chi connectivity index (χ0n) is 17.5. The molecular formula is C23H33NO4. The zero-order chi connectivity index (χ0) is 19.7. The highest BCUT2D eigenvalue weighted by Gasteiger charge is 2.67. The Morgan fingerprint density at radius 1 is 1.32 bits per heavy atom. The van der Waals surface area contributed by atoms with Crippen LogP contribution in [-0.4, -0.2) is 55.6 Å². The molecule has 2 fully saturated rings. The van der Waals surface area contributed by atoms with Crippen LogP contribution in [0.15, 0.2) is 22.3 Å². The smallest absolute Gasteiger partial charge is 0.334 e. The molecule has 0 radical (unpaired) electrons. The Hall–Kier alpha value is -1.17. The quantitative estimate of drug-likeness (QED) is 0.738. The van der Waals surface area contributed by atoms with Gasteiger partial charge in [-0.2, -0.15) is 0 Å². The van der Waals surface area contributed by atoms with Crippen molar-refractivity contribution in [2.75, 3.05) is 33.9 Å². The highest BCUT2D eigenvalue weighted by Crippen LogP contribution is 2.70. The minimum atomic E-state index is -0.985. The van der Waals surface area contributed by atoms with Crippen LogP contribution in [0.25, 0.3) is 0 Å². The number of hydrogen-bond acceptors (Lipinski definition) is 5. The van der Waals surface area contributed by atoms with E-state index in [9.17, 15) is 9.90 Å². The van der Waals surface area contributed by atoms with Gasteiger partial charge in [0.15, 0.2) is 5.79 Å². The van der Waals surface area contributed by atoms with E-state index in [-0.39, 0.29) is 16.8 Å². The average molecular weight is 388 g/mol. The van der Waals surface area contributed by atoms with E-state index in [2.05, 4.69) is 11.9 Å². The van der Waals surface area contributed by atoms with Crippen molar-refractivity contribution < 1.29 is 19.4 Å². The topological polar surface area (TPSA) is 59.0 Å². The lowest BCUT2D eigenvalue weighted by atomic mass is 9.50.